The lowest BCUT2D eigenvalue weighted by atomic mass is 9.92. The standard InChI is InChI=1S/C26H32N4O3/c1-18-15-19(2)17-29(16-18)14-8-13-27-25(31)24-20-9-4-5-10-21(20)26(32)30(28-24)22-11-6-7-12-23(22)33-3/h4-7,9-12,18-19H,8,13-17H2,1-3H3,(H,27,31)/t18-,19-/m1/s1. The lowest BCUT2D eigenvalue weighted by Gasteiger charge is -2.34. The molecule has 0 spiro atoms. The summed E-state index contributed by atoms with van der Waals surface area (Å²) in [6.45, 7) is 8.37. The number of nitrogens with zero attached hydrogens (tertiary/aromatic N) is 3. The molecule has 0 radical (unpaired) electrons. The van der Waals surface area contributed by atoms with E-state index in [1.165, 1.54) is 11.1 Å². The molecule has 33 heavy (non-hydrogen) atoms. The molecular formula is C26H32N4O3. The molecule has 1 amide bonds. The van der Waals surface area contributed by atoms with Crippen LogP contribution in [0.3, 0.4) is 0 Å². The predicted molar refractivity (Wildman–Crippen MR) is 130 cm³/mol. The van der Waals surface area contributed by atoms with Crippen LogP contribution in [0.5, 0.6) is 5.75 Å². The van der Waals surface area contributed by atoms with E-state index in [1.54, 1.807) is 37.4 Å². The quantitative estimate of drug-likeness (QED) is 0.560. The second kappa shape index (κ2) is 10.2. The molecule has 0 saturated carbocycles. The van der Waals surface area contributed by atoms with Gasteiger partial charge in [-0.25, -0.2) is 0 Å². The molecule has 1 aromatic heterocycles. The first kappa shape index (κ1) is 23.0. The van der Waals surface area contributed by atoms with Crippen LogP contribution in [-0.4, -0.2) is 53.9 Å². The number of rotatable bonds is 7. The van der Waals surface area contributed by atoms with Gasteiger partial charge in [0, 0.05) is 25.0 Å². The molecule has 3 aromatic rings. The van der Waals surface area contributed by atoms with E-state index in [-0.39, 0.29) is 17.2 Å². The maximum absolute atomic E-state index is 13.2. The van der Waals surface area contributed by atoms with Crippen LogP contribution in [0, 0.1) is 11.8 Å². The molecule has 2 aromatic carbocycles. The largest absolute Gasteiger partial charge is 0.494 e. The zero-order chi connectivity index (χ0) is 23.4. The number of methoxy groups -OCH3 is 1. The molecule has 1 N–H and O–H groups in total. The fraction of sp³-hybridized carbons (Fsp3) is 0.423. The lowest BCUT2D eigenvalue weighted by molar-refractivity contribution is 0.0942. The first-order chi connectivity index (χ1) is 16.0. The summed E-state index contributed by atoms with van der Waals surface area (Å²) < 4.78 is 6.67. The average Bonchev–Trinajstić information content (AvgIpc) is 2.81. The van der Waals surface area contributed by atoms with Crippen molar-refractivity contribution in [1.29, 1.82) is 0 Å². The number of benzene rings is 2. The van der Waals surface area contributed by atoms with Gasteiger partial charge in [-0.1, -0.05) is 44.2 Å². The first-order valence-corrected chi connectivity index (χ1v) is 11.6. The Balaban J connectivity index is 1.55. The highest BCUT2D eigenvalue weighted by Gasteiger charge is 2.22. The van der Waals surface area contributed by atoms with Crippen molar-refractivity contribution in [3.05, 3.63) is 64.6 Å². The number of carbonyl (C=O) groups excluding carboxylic acids is 1. The average molecular weight is 449 g/mol. The van der Waals surface area contributed by atoms with Crippen molar-refractivity contribution in [2.24, 2.45) is 11.8 Å². The number of fused-ring (bicyclic) bond motifs is 1. The van der Waals surface area contributed by atoms with Gasteiger partial charge in [-0.2, -0.15) is 9.78 Å². The van der Waals surface area contributed by atoms with Gasteiger partial charge in [0.2, 0.25) is 0 Å². The van der Waals surface area contributed by atoms with Gasteiger partial charge < -0.3 is 15.0 Å². The highest BCUT2D eigenvalue weighted by molar-refractivity contribution is 6.04. The van der Waals surface area contributed by atoms with Crippen molar-refractivity contribution in [1.82, 2.24) is 20.0 Å². The molecule has 7 heteroatoms. The van der Waals surface area contributed by atoms with Crippen molar-refractivity contribution in [3.8, 4) is 11.4 Å². The molecule has 1 aliphatic rings. The van der Waals surface area contributed by atoms with E-state index in [4.69, 9.17) is 4.74 Å². The number of hydrogen-bond acceptors (Lipinski definition) is 5. The highest BCUT2D eigenvalue weighted by atomic mass is 16.5. The molecule has 2 heterocycles. The van der Waals surface area contributed by atoms with Gasteiger partial charge in [0.1, 0.15) is 11.4 Å². The summed E-state index contributed by atoms with van der Waals surface area (Å²) in [5, 5.41) is 8.46. The van der Waals surface area contributed by atoms with Gasteiger partial charge in [0.05, 0.1) is 12.5 Å². The Morgan fingerprint density at radius 3 is 2.45 bits per heavy atom. The fourth-order valence-electron chi connectivity index (χ4n) is 4.89. The Kier molecular flexibility index (Phi) is 7.08. The number of para-hydroxylation sites is 2. The Morgan fingerprint density at radius 2 is 1.73 bits per heavy atom. The topological polar surface area (TPSA) is 76.5 Å². The second-order valence-corrected chi connectivity index (χ2v) is 9.10. The van der Waals surface area contributed by atoms with Crippen LogP contribution in [0.2, 0.25) is 0 Å². The van der Waals surface area contributed by atoms with Crippen molar-refractivity contribution >= 4 is 16.7 Å². The minimum atomic E-state index is -0.292. The molecule has 4 rings (SSSR count). The third kappa shape index (κ3) is 5.09. The van der Waals surface area contributed by atoms with E-state index in [2.05, 4.69) is 29.2 Å². The SMILES string of the molecule is COc1ccccc1-n1nc(C(=O)NCCCN2C[C@H](C)C[C@@H](C)C2)c2ccccc2c1=O. The normalized spacial score (nSPS) is 18.9. The Labute approximate surface area is 194 Å². The van der Waals surface area contributed by atoms with Crippen molar-refractivity contribution in [2.75, 3.05) is 33.3 Å². The maximum Gasteiger partial charge on any atom is 0.279 e. The van der Waals surface area contributed by atoms with E-state index in [0.29, 0.717) is 28.8 Å². The third-order valence-corrected chi connectivity index (χ3v) is 6.21. The molecular weight excluding hydrogens is 416 g/mol. The smallest absolute Gasteiger partial charge is 0.279 e. The summed E-state index contributed by atoms with van der Waals surface area (Å²) >= 11 is 0. The van der Waals surface area contributed by atoms with Gasteiger partial charge in [-0.05, 0) is 49.4 Å². The van der Waals surface area contributed by atoms with E-state index in [0.717, 1.165) is 37.9 Å². The van der Waals surface area contributed by atoms with E-state index in [1.807, 2.05) is 18.2 Å². The summed E-state index contributed by atoms with van der Waals surface area (Å²) in [7, 11) is 1.54. The Morgan fingerprint density at radius 1 is 1.06 bits per heavy atom. The van der Waals surface area contributed by atoms with Crippen molar-refractivity contribution in [2.45, 2.75) is 26.7 Å². The summed E-state index contributed by atoms with van der Waals surface area (Å²) in [5.74, 6) is 1.67. The molecule has 2 atom stereocenters. The third-order valence-electron chi connectivity index (χ3n) is 6.21. The van der Waals surface area contributed by atoms with Gasteiger partial charge in [0.15, 0.2) is 5.69 Å². The van der Waals surface area contributed by atoms with Gasteiger partial charge in [-0.3, -0.25) is 9.59 Å². The molecule has 174 valence electrons. The maximum atomic E-state index is 13.2. The van der Waals surface area contributed by atoms with E-state index < -0.39 is 0 Å². The predicted octanol–water partition coefficient (Wildman–Crippen LogP) is 3.49. The van der Waals surface area contributed by atoms with Gasteiger partial charge in [0.25, 0.3) is 11.5 Å². The van der Waals surface area contributed by atoms with Crippen LogP contribution in [0.1, 0.15) is 37.2 Å². The molecule has 0 unspecified atom stereocenters. The van der Waals surface area contributed by atoms with Gasteiger partial charge in [-0.15, -0.1) is 0 Å². The number of aromatic nitrogens is 2. The summed E-state index contributed by atoms with van der Waals surface area (Å²) in [6.07, 6.45) is 2.16. The number of ether oxygens (including phenoxy) is 1. The summed E-state index contributed by atoms with van der Waals surface area (Å²) in [6, 6.07) is 14.2. The molecule has 1 fully saturated rings. The first-order valence-electron chi connectivity index (χ1n) is 11.6. The number of likely N-dealkylation sites (tertiary alicyclic amines) is 1. The second-order valence-electron chi connectivity index (χ2n) is 9.10. The van der Waals surface area contributed by atoms with Crippen LogP contribution < -0.4 is 15.6 Å². The van der Waals surface area contributed by atoms with Crippen LogP contribution in [-0.2, 0) is 0 Å². The highest BCUT2D eigenvalue weighted by Crippen LogP contribution is 2.22. The minimum Gasteiger partial charge on any atom is -0.494 e. The molecule has 0 aliphatic carbocycles. The zero-order valence-electron chi connectivity index (χ0n) is 19.6. The Hall–Kier alpha value is -3.19. The lowest BCUT2D eigenvalue weighted by Crippen LogP contribution is -2.40. The number of piperidine rings is 1. The molecule has 1 aliphatic heterocycles. The zero-order valence-corrected chi connectivity index (χ0v) is 19.6. The van der Waals surface area contributed by atoms with Crippen LogP contribution in [0.4, 0.5) is 0 Å². The number of nitrogens with one attached hydrogen (secondary N) is 1. The summed E-state index contributed by atoms with van der Waals surface area (Å²) in [5.41, 5.74) is 0.439. The number of amides is 1. The summed E-state index contributed by atoms with van der Waals surface area (Å²) in [4.78, 5) is 28.8. The van der Waals surface area contributed by atoms with Crippen molar-refractivity contribution < 1.29 is 9.53 Å². The van der Waals surface area contributed by atoms with Gasteiger partial charge >= 0.3 is 0 Å². The number of hydrogen-bond donors (Lipinski definition) is 1. The fourth-order valence-corrected chi connectivity index (χ4v) is 4.89. The molecule has 0 bridgehead atoms. The van der Waals surface area contributed by atoms with Crippen molar-refractivity contribution in [3.63, 3.8) is 0 Å². The molecule has 1 saturated heterocycles. The van der Waals surface area contributed by atoms with E-state index >= 15 is 0 Å². The van der Waals surface area contributed by atoms with Crippen LogP contribution in [0.25, 0.3) is 16.5 Å². The van der Waals surface area contributed by atoms with Crippen LogP contribution >= 0.6 is 0 Å². The number of carbonyl (C=O) groups is 1. The Bertz CT molecular complexity index is 1180. The minimum absolute atomic E-state index is 0.233. The van der Waals surface area contributed by atoms with Crippen LogP contribution in [0.15, 0.2) is 53.3 Å². The monoisotopic (exact) mass is 448 g/mol. The van der Waals surface area contributed by atoms with E-state index in [9.17, 15) is 9.59 Å². The molecule has 7 nitrogen and oxygen atoms in total.